The van der Waals surface area contributed by atoms with Gasteiger partial charge in [0.2, 0.25) is 0 Å². The number of halogens is 1. The number of rotatable bonds is 4. The Balaban J connectivity index is 2.16. The highest BCUT2D eigenvalue weighted by atomic mass is 35.5. The molecular formula is C12H9ClN2O3S. The highest BCUT2D eigenvalue weighted by Gasteiger charge is 2.20. The Hall–Kier alpha value is -1.92. The summed E-state index contributed by atoms with van der Waals surface area (Å²) >= 11 is 7.19. The van der Waals surface area contributed by atoms with Crippen molar-refractivity contribution in [2.45, 2.75) is 6.54 Å². The molecule has 0 spiro atoms. The third kappa shape index (κ3) is 3.30. The van der Waals surface area contributed by atoms with E-state index in [1.165, 1.54) is 29.5 Å². The van der Waals surface area contributed by atoms with Gasteiger partial charge >= 0.3 is 0 Å². The van der Waals surface area contributed by atoms with Gasteiger partial charge in [-0.15, -0.1) is 11.3 Å². The minimum atomic E-state index is -0.619. The molecule has 0 aliphatic heterocycles. The van der Waals surface area contributed by atoms with Gasteiger partial charge in [-0.3, -0.25) is 14.9 Å². The molecule has 0 saturated carbocycles. The van der Waals surface area contributed by atoms with Gasteiger partial charge in [-0.2, -0.15) is 0 Å². The number of nitrogens with zero attached hydrogens (tertiary/aromatic N) is 1. The first kappa shape index (κ1) is 13.5. The van der Waals surface area contributed by atoms with E-state index >= 15 is 0 Å². The molecule has 2 rings (SSSR count). The van der Waals surface area contributed by atoms with Crippen LogP contribution in [-0.2, 0) is 6.54 Å². The van der Waals surface area contributed by atoms with Crippen LogP contribution in [0.15, 0.2) is 35.7 Å². The van der Waals surface area contributed by atoms with Crippen molar-refractivity contribution in [1.29, 1.82) is 0 Å². The zero-order chi connectivity index (χ0) is 13.8. The minimum Gasteiger partial charge on any atom is -0.347 e. The zero-order valence-electron chi connectivity index (χ0n) is 9.63. The molecule has 1 amide bonds. The number of hydrogen-bond acceptors (Lipinski definition) is 4. The maximum absolute atomic E-state index is 11.9. The third-order valence-electron chi connectivity index (χ3n) is 2.40. The molecule has 1 N–H and O–H groups in total. The molecule has 0 aliphatic carbocycles. The number of hydrogen-bond donors (Lipinski definition) is 1. The fourth-order valence-electron chi connectivity index (χ4n) is 1.52. The fraction of sp³-hybridized carbons (Fsp3) is 0.0833. The number of benzene rings is 1. The van der Waals surface area contributed by atoms with Gasteiger partial charge in [-0.1, -0.05) is 17.7 Å². The largest absolute Gasteiger partial charge is 0.347 e. The topological polar surface area (TPSA) is 72.2 Å². The lowest BCUT2D eigenvalue weighted by Gasteiger charge is -2.04. The maximum atomic E-state index is 11.9. The van der Waals surface area contributed by atoms with Crippen molar-refractivity contribution < 1.29 is 9.72 Å². The molecule has 0 atom stereocenters. The highest BCUT2D eigenvalue weighted by Crippen LogP contribution is 2.23. The SMILES string of the molecule is O=C(NCc1cccs1)c1ccc(Cl)cc1[N+](=O)[O-]. The van der Waals surface area contributed by atoms with E-state index in [4.69, 9.17) is 11.6 Å². The number of carbonyl (C=O) groups excluding carboxylic acids is 1. The van der Waals surface area contributed by atoms with E-state index in [0.717, 1.165) is 4.88 Å². The van der Waals surface area contributed by atoms with Crippen molar-refractivity contribution in [1.82, 2.24) is 5.32 Å². The Morgan fingerprint density at radius 2 is 2.21 bits per heavy atom. The molecule has 1 aromatic heterocycles. The van der Waals surface area contributed by atoms with E-state index < -0.39 is 10.8 Å². The minimum absolute atomic E-state index is 0.00551. The fourth-order valence-corrected chi connectivity index (χ4v) is 2.33. The van der Waals surface area contributed by atoms with E-state index in [2.05, 4.69) is 5.32 Å². The summed E-state index contributed by atoms with van der Waals surface area (Å²) < 4.78 is 0. The molecule has 0 fully saturated rings. The summed E-state index contributed by atoms with van der Waals surface area (Å²) in [5.74, 6) is -0.489. The summed E-state index contributed by atoms with van der Waals surface area (Å²) in [5.41, 5.74) is -0.290. The first-order valence-electron chi connectivity index (χ1n) is 5.32. The van der Waals surface area contributed by atoms with E-state index in [1.54, 1.807) is 0 Å². The summed E-state index contributed by atoms with van der Waals surface area (Å²) in [6.45, 7) is 0.344. The van der Waals surface area contributed by atoms with Crippen LogP contribution in [0.3, 0.4) is 0 Å². The summed E-state index contributed by atoms with van der Waals surface area (Å²) in [4.78, 5) is 23.2. The first-order valence-corrected chi connectivity index (χ1v) is 6.58. The van der Waals surface area contributed by atoms with Gasteiger partial charge in [0.15, 0.2) is 0 Å². The molecule has 2 aromatic rings. The number of nitro groups is 1. The highest BCUT2D eigenvalue weighted by molar-refractivity contribution is 7.09. The average Bonchev–Trinajstić information content (AvgIpc) is 2.88. The number of nitrogens with one attached hydrogen (secondary N) is 1. The Kier molecular flexibility index (Phi) is 4.13. The van der Waals surface area contributed by atoms with Gasteiger partial charge < -0.3 is 5.32 Å². The van der Waals surface area contributed by atoms with Crippen molar-refractivity contribution in [3.8, 4) is 0 Å². The average molecular weight is 297 g/mol. The predicted octanol–water partition coefficient (Wildman–Crippen LogP) is 3.24. The monoisotopic (exact) mass is 296 g/mol. The molecule has 0 bridgehead atoms. The quantitative estimate of drug-likeness (QED) is 0.695. The van der Waals surface area contributed by atoms with Crippen LogP contribution >= 0.6 is 22.9 Å². The molecule has 19 heavy (non-hydrogen) atoms. The first-order chi connectivity index (χ1) is 9.08. The number of nitro benzene ring substituents is 1. The summed E-state index contributed by atoms with van der Waals surface area (Å²) in [6, 6.07) is 7.72. The molecule has 98 valence electrons. The number of thiophene rings is 1. The Morgan fingerprint density at radius 1 is 1.42 bits per heavy atom. The lowest BCUT2D eigenvalue weighted by molar-refractivity contribution is -0.385. The molecule has 1 heterocycles. The summed E-state index contributed by atoms with van der Waals surface area (Å²) in [7, 11) is 0. The second-order valence-corrected chi connectivity index (χ2v) is 5.15. The van der Waals surface area contributed by atoms with Crippen molar-refractivity contribution in [3.63, 3.8) is 0 Å². The van der Waals surface area contributed by atoms with E-state index in [-0.39, 0.29) is 16.3 Å². The van der Waals surface area contributed by atoms with Gasteiger partial charge in [0.05, 0.1) is 11.5 Å². The van der Waals surface area contributed by atoms with Crippen LogP contribution in [0.5, 0.6) is 0 Å². The smallest absolute Gasteiger partial charge is 0.283 e. The molecule has 5 nitrogen and oxygen atoms in total. The molecular weight excluding hydrogens is 288 g/mol. The molecule has 0 radical (unpaired) electrons. The third-order valence-corrected chi connectivity index (χ3v) is 3.52. The molecule has 0 unspecified atom stereocenters. The molecule has 0 saturated heterocycles. The van der Waals surface area contributed by atoms with E-state index in [1.807, 2.05) is 17.5 Å². The van der Waals surface area contributed by atoms with Gasteiger partial charge in [0.25, 0.3) is 11.6 Å². The summed E-state index contributed by atoms with van der Waals surface area (Å²) in [6.07, 6.45) is 0. The van der Waals surface area contributed by atoms with Gasteiger partial charge in [-0.05, 0) is 23.6 Å². The van der Waals surface area contributed by atoms with Crippen LogP contribution in [0, 0.1) is 10.1 Å². The van der Waals surface area contributed by atoms with Crippen LogP contribution in [0.1, 0.15) is 15.2 Å². The lowest BCUT2D eigenvalue weighted by Crippen LogP contribution is -2.23. The maximum Gasteiger partial charge on any atom is 0.283 e. The molecule has 1 aromatic carbocycles. The zero-order valence-corrected chi connectivity index (χ0v) is 11.2. The predicted molar refractivity (Wildman–Crippen MR) is 73.6 cm³/mol. The van der Waals surface area contributed by atoms with Gasteiger partial charge in [0.1, 0.15) is 5.56 Å². The van der Waals surface area contributed by atoms with Crippen molar-refractivity contribution in [3.05, 3.63) is 61.3 Å². The Bertz CT molecular complexity index is 613. The molecule has 7 heteroatoms. The molecule has 0 aliphatic rings. The van der Waals surface area contributed by atoms with E-state index in [0.29, 0.717) is 6.54 Å². The van der Waals surface area contributed by atoms with Crippen molar-refractivity contribution in [2.75, 3.05) is 0 Å². The number of carbonyl (C=O) groups is 1. The normalized spacial score (nSPS) is 10.2. The van der Waals surface area contributed by atoms with Crippen LogP contribution < -0.4 is 5.32 Å². The van der Waals surface area contributed by atoms with Crippen LogP contribution in [0.2, 0.25) is 5.02 Å². The van der Waals surface area contributed by atoms with Crippen molar-refractivity contribution in [2.24, 2.45) is 0 Å². The summed E-state index contributed by atoms with van der Waals surface area (Å²) in [5, 5.41) is 15.6. The standard InChI is InChI=1S/C12H9ClN2O3S/c13-8-3-4-10(11(6-8)15(17)18)12(16)14-7-9-2-1-5-19-9/h1-6H,7H2,(H,14,16). The van der Waals surface area contributed by atoms with Crippen LogP contribution in [-0.4, -0.2) is 10.8 Å². The van der Waals surface area contributed by atoms with Gasteiger partial charge in [0, 0.05) is 16.0 Å². The second kappa shape index (κ2) is 5.81. The number of amides is 1. The van der Waals surface area contributed by atoms with Crippen molar-refractivity contribution >= 4 is 34.5 Å². The Morgan fingerprint density at radius 3 is 2.84 bits per heavy atom. The Labute approximate surface area is 118 Å². The van der Waals surface area contributed by atoms with E-state index in [9.17, 15) is 14.9 Å². The van der Waals surface area contributed by atoms with Crippen LogP contribution in [0.4, 0.5) is 5.69 Å². The lowest BCUT2D eigenvalue weighted by atomic mass is 10.1. The van der Waals surface area contributed by atoms with Gasteiger partial charge in [-0.25, -0.2) is 0 Å². The van der Waals surface area contributed by atoms with Crippen LogP contribution in [0.25, 0.3) is 0 Å². The second-order valence-electron chi connectivity index (χ2n) is 3.68.